The molecule has 5 rings (SSSR count). The van der Waals surface area contributed by atoms with Crippen molar-refractivity contribution in [3.63, 3.8) is 0 Å². The first-order valence-electron chi connectivity index (χ1n) is 12.2. The monoisotopic (exact) mass is 528 g/mol. The summed E-state index contributed by atoms with van der Waals surface area (Å²) < 4.78 is 20.1. The Morgan fingerprint density at radius 1 is 1.11 bits per heavy atom. The number of rotatable bonds is 4. The molecule has 5 nitrogen and oxygen atoms in total. The molecule has 1 aromatic heterocycles. The van der Waals surface area contributed by atoms with Gasteiger partial charge in [0.2, 0.25) is 0 Å². The van der Waals surface area contributed by atoms with Crippen molar-refractivity contribution >= 4 is 34.7 Å². The van der Waals surface area contributed by atoms with Crippen LogP contribution in [-0.2, 0) is 5.41 Å². The Bertz CT molecular complexity index is 1320. The number of hydrogen-bond acceptors (Lipinski definition) is 5. The van der Waals surface area contributed by atoms with Crippen LogP contribution < -0.4 is 15.8 Å². The van der Waals surface area contributed by atoms with E-state index in [-0.39, 0.29) is 21.8 Å². The largest absolute Gasteiger partial charge is 0.482 e. The van der Waals surface area contributed by atoms with Gasteiger partial charge in [0.15, 0.2) is 11.6 Å². The van der Waals surface area contributed by atoms with Gasteiger partial charge in [0, 0.05) is 39.0 Å². The van der Waals surface area contributed by atoms with Crippen molar-refractivity contribution in [1.29, 1.82) is 0 Å². The number of likely N-dealkylation sites (tertiary alicyclic amines) is 1. The molecular weight excluding hydrogens is 498 g/mol. The maximum absolute atomic E-state index is 14.0. The third kappa shape index (κ3) is 4.09. The molecule has 2 aliphatic heterocycles. The van der Waals surface area contributed by atoms with E-state index in [1.165, 1.54) is 17.7 Å². The summed E-state index contributed by atoms with van der Waals surface area (Å²) in [7, 11) is 2.19. The number of fused-ring (bicyclic) bond motifs is 2. The van der Waals surface area contributed by atoms with Crippen LogP contribution in [0.2, 0.25) is 10.0 Å². The van der Waals surface area contributed by atoms with Gasteiger partial charge in [0.1, 0.15) is 11.9 Å². The van der Waals surface area contributed by atoms with Crippen LogP contribution in [0.15, 0.2) is 42.6 Å². The minimum absolute atomic E-state index is 0.0399. The van der Waals surface area contributed by atoms with E-state index in [4.69, 9.17) is 33.7 Å². The predicted molar refractivity (Wildman–Crippen MR) is 146 cm³/mol. The van der Waals surface area contributed by atoms with Gasteiger partial charge < -0.3 is 20.7 Å². The van der Waals surface area contributed by atoms with Crippen LogP contribution in [0.5, 0.6) is 5.75 Å². The number of nitrogens with two attached hydrogens (primary N) is 1. The fourth-order valence-corrected chi connectivity index (χ4v) is 6.48. The van der Waals surface area contributed by atoms with Crippen LogP contribution in [0.3, 0.4) is 0 Å². The maximum Gasteiger partial charge on any atom is 0.166 e. The van der Waals surface area contributed by atoms with Crippen molar-refractivity contribution in [1.82, 2.24) is 9.88 Å². The minimum Gasteiger partial charge on any atom is -0.482 e. The van der Waals surface area contributed by atoms with Gasteiger partial charge in [-0.05, 0) is 89.1 Å². The molecule has 0 bridgehead atoms. The Morgan fingerprint density at radius 2 is 1.83 bits per heavy atom. The van der Waals surface area contributed by atoms with Crippen LogP contribution in [0.25, 0.3) is 11.1 Å². The Hall–Kier alpha value is -2.54. The average Bonchev–Trinajstić information content (AvgIpc) is 3.05. The highest BCUT2D eigenvalue weighted by Gasteiger charge is 2.53. The first kappa shape index (κ1) is 25.1. The molecule has 3 aromatic rings. The molecule has 0 aliphatic carbocycles. The molecule has 190 valence electrons. The number of hydrogen-bond donors (Lipinski definition) is 2. The normalized spacial score (nSPS) is 19.1. The van der Waals surface area contributed by atoms with Gasteiger partial charge in [0.05, 0.1) is 5.02 Å². The standard InChI is InChI=1S/C28H31Cl2FN4O/c1-16(24-20(29)7-8-21(31)25(24)30)36-23-14-18(15-33-26(23)32)17-5-6-19-22(13-17)34-27(2,3)28(19)9-11-35(4)12-10-28/h5-8,13-16,34H,9-12H2,1-4H3,(H2,32,33)/t16-/m1/s1. The minimum atomic E-state index is -0.633. The number of ether oxygens (including phenoxy) is 1. The zero-order chi connectivity index (χ0) is 25.8. The second-order valence-electron chi connectivity index (χ2n) is 10.5. The van der Waals surface area contributed by atoms with Gasteiger partial charge in [0.25, 0.3) is 0 Å². The quantitative estimate of drug-likeness (QED) is 0.354. The molecule has 0 saturated carbocycles. The first-order valence-corrected chi connectivity index (χ1v) is 13.0. The van der Waals surface area contributed by atoms with E-state index in [1.54, 1.807) is 13.1 Å². The van der Waals surface area contributed by atoms with Crippen molar-refractivity contribution in [2.24, 2.45) is 0 Å². The topological polar surface area (TPSA) is 63.4 Å². The Labute approximate surface area is 221 Å². The predicted octanol–water partition coefficient (Wildman–Crippen LogP) is 7.08. The summed E-state index contributed by atoms with van der Waals surface area (Å²) >= 11 is 12.5. The highest BCUT2D eigenvalue weighted by Crippen LogP contribution is 2.53. The molecule has 0 amide bonds. The number of nitrogens with zero attached hydrogens (tertiary/aromatic N) is 2. The fourth-order valence-electron chi connectivity index (χ4n) is 5.80. The molecule has 2 aromatic carbocycles. The van der Waals surface area contributed by atoms with Crippen LogP contribution in [0.4, 0.5) is 15.9 Å². The van der Waals surface area contributed by atoms with Crippen molar-refractivity contribution in [3.8, 4) is 16.9 Å². The number of halogens is 3. The van der Waals surface area contributed by atoms with Crippen LogP contribution >= 0.6 is 23.2 Å². The number of nitrogens with one attached hydrogen (secondary N) is 1. The molecular formula is C28H31Cl2FN4O. The molecule has 3 heterocycles. The van der Waals surface area contributed by atoms with Crippen LogP contribution in [0, 0.1) is 5.82 Å². The smallest absolute Gasteiger partial charge is 0.166 e. The van der Waals surface area contributed by atoms with Crippen LogP contribution in [-0.4, -0.2) is 35.6 Å². The number of aromatic nitrogens is 1. The summed E-state index contributed by atoms with van der Waals surface area (Å²) in [4.78, 5) is 6.77. The summed E-state index contributed by atoms with van der Waals surface area (Å²) in [5.74, 6) is 0.0687. The van der Waals surface area contributed by atoms with Gasteiger partial charge in [-0.1, -0.05) is 35.3 Å². The Morgan fingerprint density at radius 3 is 2.56 bits per heavy atom. The number of piperidine rings is 1. The lowest BCUT2D eigenvalue weighted by atomic mass is 9.64. The van der Waals surface area contributed by atoms with E-state index < -0.39 is 11.9 Å². The molecule has 0 radical (unpaired) electrons. The second kappa shape index (κ2) is 9.09. The maximum atomic E-state index is 14.0. The summed E-state index contributed by atoms with van der Waals surface area (Å²) in [5.41, 5.74) is 11.0. The molecule has 1 atom stereocenters. The molecule has 3 N–H and O–H groups in total. The van der Waals surface area contributed by atoms with E-state index in [1.807, 2.05) is 6.07 Å². The lowest BCUT2D eigenvalue weighted by Gasteiger charge is -2.46. The zero-order valence-corrected chi connectivity index (χ0v) is 22.5. The van der Waals surface area contributed by atoms with E-state index in [2.05, 4.69) is 54.3 Å². The first-order chi connectivity index (χ1) is 17.0. The average molecular weight is 529 g/mol. The highest BCUT2D eigenvalue weighted by atomic mass is 35.5. The molecule has 8 heteroatoms. The van der Waals surface area contributed by atoms with E-state index >= 15 is 0 Å². The summed E-state index contributed by atoms with van der Waals surface area (Å²) in [6.45, 7) is 8.54. The molecule has 0 unspecified atom stereocenters. The number of benzene rings is 2. The zero-order valence-electron chi connectivity index (χ0n) is 21.0. The number of anilines is 2. The SMILES string of the molecule is C[C@@H](Oc1cc(-c2ccc3c(c2)NC(C)(C)C32CCN(C)CC2)cnc1N)c1c(Cl)ccc(F)c1Cl. The third-order valence-electron chi connectivity index (χ3n) is 8.02. The second-order valence-corrected chi connectivity index (χ2v) is 11.3. The van der Waals surface area contributed by atoms with Crippen molar-refractivity contribution in [2.75, 3.05) is 31.2 Å². The van der Waals surface area contributed by atoms with Gasteiger partial charge in [-0.15, -0.1) is 0 Å². The molecule has 2 aliphatic rings. The van der Waals surface area contributed by atoms with Crippen LogP contribution in [0.1, 0.15) is 50.8 Å². The fraction of sp³-hybridized carbons (Fsp3) is 0.393. The summed E-state index contributed by atoms with van der Waals surface area (Å²) in [6, 6.07) is 11.1. The van der Waals surface area contributed by atoms with Gasteiger partial charge in [-0.2, -0.15) is 0 Å². The Kier molecular flexibility index (Phi) is 6.34. The summed E-state index contributed by atoms with van der Waals surface area (Å²) in [6.07, 6.45) is 3.36. The van der Waals surface area contributed by atoms with Gasteiger partial charge >= 0.3 is 0 Å². The summed E-state index contributed by atoms with van der Waals surface area (Å²) in [5, 5.41) is 4.06. The molecule has 1 fully saturated rings. The van der Waals surface area contributed by atoms with E-state index in [0.717, 1.165) is 42.7 Å². The van der Waals surface area contributed by atoms with Crippen molar-refractivity contribution in [3.05, 3.63) is 69.6 Å². The Balaban J connectivity index is 1.46. The lowest BCUT2D eigenvalue weighted by molar-refractivity contribution is 0.146. The van der Waals surface area contributed by atoms with E-state index in [0.29, 0.717) is 16.3 Å². The third-order valence-corrected chi connectivity index (χ3v) is 8.74. The van der Waals surface area contributed by atoms with E-state index in [9.17, 15) is 4.39 Å². The lowest BCUT2D eigenvalue weighted by Crippen LogP contribution is -2.53. The number of pyridine rings is 1. The number of nitrogen functional groups attached to an aromatic ring is 1. The molecule has 36 heavy (non-hydrogen) atoms. The highest BCUT2D eigenvalue weighted by molar-refractivity contribution is 6.36. The molecule has 1 saturated heterocycles. The van der Waals surface area contributed by atoms with Gasteiger partial charge in [-0.25, -0.2) is 9.37 Å². The van der Waals surface area contributed by atoms with Crippen molar-refractivity contribution in [2.45, 2.75) is 50.7 Å². The van der Waals surface area contributed by atoms with Gasteiger partial charge in [-0.3, -0.25) is 0 Å². The van der Waals surface area contributed by atoms with Crippen molar-refractivity contribution < 1.29 is 9.13 Å². The molecule has 1 spiro atoms.